The summed E-state index contributed by atoms with van der Waals surface area (Å²) in [6, 6.07) is 6.59. The smallest absolute Gasteiger partial charge is 0.134 e. The summed E-state index contributed by atoms with van der Waals surface area (Å²) in [5.41, 5.74) is 2.07. The maximum absolute atomic E-state index is 13.7. The van der Waals surface area contributed by atoms with Gasteiger partial charge in [0.05, 0.1) is 16.3 Å². The Labute approximate surface area is 104 Å². The van der Waals surface area contributed by atoms with E-state index in [0.717, 1.165) is 5.69 Å². The van der Waals surface area contributed by atoms with Crippen molar-refractivity contribution in [2.45, 2.75) is 25.2 Å². The van der Waals surface area contributed by atoms with Gasteiger partial charge in [-0.3, -0.25) is 5.10 Å². The van der Waals surface area contributed by atoms with Crippen LogP contribution < -0.4 is 0 Å². The van der Waals surface area contributed by atoms with Gasteiger partial charge in [-0.05, 0) is 31.0 Å². The Morgan fingerprint density at radius 1 is 1.35 bits per heavy atom. The van der Waals surface area contributed by atoms with Crippen LogP contribution in [0.2, 0.25) is 5.02 Å². The van der Waals surface area contributed by atoms with E-state index in [1.807, 2.05) is 6.07 Å². The van der Waals surface area contributed by atoms with E-state index in [9.17, 15) is 4.39 Å². The molecular formula is C13H12ClFN2. The summed E-state index contributed by atoms with van der Waals surface area (Å²) >= 11 is 6.01. The molecule has 1 aromatic heterocycles. The van der Waals surface area contributed by atoms with Gasteiger partial charge in [-0.15, -0.1) is 0 Å². The maximum atomic E-state index is 13.7. The molecule has 0 bridgehead atoms. The average molecular weight is 251 g/mol. The summed E-state index contributed by atoms with van der Waals surface area (Å²) in [7, 11) is 0. The Morgan fingerprint density at radius 3 is 2.82 bits per heavy atom. The average Bonchev–Trinajstić information content (AvgIpc) is 2.64. The molecule has 1 heterocycles. The molecule has 2 nitrogen and oxygen atoms in total. The van der Waals surface area contributed by atoms with E-state index in [0.29, 0.717) is 22.2 Å². The summed E-state index contributed by atoms with van der Waals surface area (Å²) in [5, 5.41) is 7.55. The van der Waals surface area contributed by atoms with Gasteiger partial charge >= 0.3 is 0 Å². The number of H-pyrrole nitrogens is 1. The molecule has 1 aliphatic rings. The first-order valence-electron chi connectivity index (χ1n) is 5.75. The third kappa shape index (κ3) is 1.84. The fraction of sp³-hybridized carbons (Fsp3) is 0.308. The fourth-order valence-electron chi connectivity index (χ4n) is 2.14. The molecule has 1 aromatic carbocycles. The molecule has 1 saturated carbocycles. The van der Waals surface area contributed by atoms with Crippen molar-refractivity contribution in [3.8, 4) is 11.3 Å². The quantitative estimate of drug-likeness (QED) is 0.853. The van der Waals surface area contributed by atoms with Crippen molar-refractivity contribution >= 4 is 11.6 Å². The minimum Gasteiger partial charge on any atom is -0.282 e. The zero-order valence-corrected chi connectivity index (χ0v) is 9.97. The Bertz CT molecular complexity index is 526. The van der Waals surface area contributed by atoms with E-state index >= 15 is 0 Å². The maximum Gasteiger partial charge on any atom is 0.134 e. The molecule has 3 rings (SSSR count). The lowest BCUT2D eigenvalue weighted by atomic mass is 9.83. The Kier molecular flexibility index (Phi) is 2.63. The van der Waals surface area contributed by atoms with Crippen LogP contribution in [0.3, 0.4) is 0 Å². The molecule has 1 N–H and O–H groups in total. The number of nitrogens with zero attached hydrogens (tertiary/aromatic N) is 1. The van der Waals surface area contributed by atoms with E-state index in [1.165, 1.54) is 25.3 Å². The van der Waals surface area contributed by atoms with Crippen LogP contribution in [0.15, 0.2) is 24.3 Å². The molecule has 0 amide bonds. The topological polar surface area (TPSA) is 28.7 Å². The monoisotopic (exact) mass is 250 g/mol. The van der Waals surface area contributed by atoms with Crippen LogP contribution in [-0.4, -0.2) is 10.2 Å². The van der Waals surface area contributed by atoms with Crippen molar-refractivity contribution in [2.24, 2.45) is 0 Å². The molecule has 2 aromatic rings. The van der Waals surface area contributed by atoms with Gasteiger partial charge in [0.25, 0.3) is 0 Å². The van der Waals surface area contributed by atoms with Gasteiger partial charge in [-0.2, -0.15) is 5.10 Å². The number of halogens is 2. The van der Waals surface area contributed by atoms with Crippen LogP contribution >= 0.6 is 11.6 Å². The van der Waals surface area contributed by atoms with Gasteiger partial charge in [0, 0.05) is 11.6 Å². The SMILES string of the molecule is Fc1cccc(Cl)c1-c1cc(C2CCC2)[nH]n1. The van der Waals surface area contributed by atoms with Crippen molar-refractivity contribution in [1.29, 1.82) is 0 Å². The first-order chi connectivity index (χ1) is 8.25. The fourth-order valence-corrected chi connectivity index (χ4v) is 2.40. The molecule has 0 aliphatic heterocycles. The Hall–Kier alpha value is -1.35. The normalized spacial score (nSPS) is 15.9. The summed E-state index contributed by atoms with van der Waals surface area (Å²) < 4.78 is 13.7. The van der Waals surface area contributed by atoms with Crippen molar-refractivity contribution in [3.63, 3.8) is 0 Å². The third-order valence-electron chi connectivity index (χ3n) is 3.36. The highest BCUT2D eigenvalue weighted by molar-refractivity contribution is 6.33. The Balaban J connectivity index is 2.00. The summed E-state index contributed by atoms with van der Waals surface area (Å²) in [6.45, 7) is 0. The molecule has 0 atom stereocenters. The minimum atomic E-state index is -0.329. The first kappa shape index (κ1) is 10.8. The summed E-state index contributed by atoms with van der Waals surface area (Å²) in [6.07, 6.45) is 3.64. The van der Waals surface area contributed by atoms with Crippen LogP contribution in [-0.2, 0) is 0 Å². The molecule has 4 heteroatoms. The largest absolute Gasteiger partial charge is 0.282 e. The van der Waals surface area contributed by atoms with Gasteiger partial charge in [-0.25, -0.2) is 4.39 Å². The second kappa shape index (κ2) is 4.15. The van der Waals surface area contributed by atoms with Crippen LogP contribution in [0.4, 0.5) is 4.39 Å². The van der Waals surface area contributed by atoms with E-state index in [4.69, 9.17) is 11.6 Å². The molecule has 0 saturated heterocycles. The van der Waals surface area contributed by atoms with E-state index in [1.54, 1.807) is 12.1 Å². The summed E-state index contributed by atoms with van der Waals surface area (Å²) in [4.78, 5) is 0. The van der Waals surface area contributed by atoms with Gasteiger partial charge in [0.2, 0.25) is 0 Å². The standard InChI is InChI=1S/C13H12ClFN2/c14-9-5-2-6-10(15)13(9)12-7-11(16-17-12)8-3-1-4-8/h2,5-8H,1,3-4H2,(H,16,17). The lowest BCUT2D eigenvalue weighted by Crippen LogP contribution is -2.08. The highest BCUT2D eigenvalue weighted by atomic mass is 35.5. The molecule has 1 fully saturated rings. The summed E-state index contributed by atoms with van der Waals surface area (Å²) in [5.74, 6) is 0.228. The molecule has 0 unspecified atom stereocenters. The van der Waals surface area contributed by atoms with Crippen LogP contribution in [0, 0.1) is 5.82 Å². The number of aromatic amines is 1. The van der Waals surface area contributed by atoms with E-state index in [-0.39, 0.29) is 5.82 Å². The number of hydrogen-bond acceptors (Lipinski definition) is 1. The van der Waals surface area contributed by atoms with Gasteiger partial charge in [-0.1, -0.05) is 24.1 Å². The van der Waals surface area contributed by atoms with Crippen molar-refractivity contribution in [3.05, 3.63) is 40.8 Å². The third-order valence-corrected chi connectivity index (χ3v) is 3.68. The second-order valence-electron chi connectivity index (χ2n) is 4.43. The van der Waals surface area contributed by atoms with Crippen molar-refractivity contribution < 1.29 is 4.39 Å². The zero-order chi connectivity index (χ0) is 11.8. The van der Waals surface area contributed by atoms with Crippen LogP contribution in [0.25, 0.3) is 11.3 Å². The van der Waals surface area contributed by atoms with Crippen LogP contribution in [0.1, 0.15) is 30.9 Å². The predicted octanol–water partition coefficient (Wildman–Crippen LogP) is 4.14. The molecule has 0 spiro atoms. The van der Waals surface area contributed by atoms with Crippen molar-refractivity contribution in [2.75, 3.05) is 0 Å². The molecule has 1 aliphatic carbocycles. The highest BCUT2D eigenvalue weighted by Gasteiger charge is 2.22. The number of benzene rings is 1. The number of nitrogens with one attached hydrogen (secondary N) is 1. The number of aromatic nitrogens is 2. The zero-order valence-electron chi connectivity index (χ0n) is 9.21. The molecule has 88 valence electrons. The lowest BCUT2D eigenvalue weighted by molar-refractivity contribution is 0.410. The van der Waals surface area contributed by atoms with Gasteiger partial charge in [0.15, 0.2) is 0 Å². The Morgan fingerprint density at radius 2 is 2.18 bits per heavy atom. The van der Waals surface area contributed by atoms with Gasteiger partial charge < -0.3 is 0 Å². The van der Waals surface area contributed by atoms with Crippen LogP contribution in [0.5, 0.6) is 0 Å². The number of hydrogen-bond donors (Lipinski definition) is 1. The lowest BCUT2D eigenvalue weighted by Gasteiger charge is -2.23. The predicted molar refractivity (Wildman–Crippen MR) is 65.6 cm³/mol. The molecule has 0 radical (unpaired) electrons. The molecular weight excluding hydrogens is 239 g/mol. The highest BCUT2D eigenvalue weighted by Crippen LogP contribution is 2.37. The van der Waals surface area contributed by atoms with Crippen molar-refractivity contribution in [1.82, 2.24) is 10.2 Å². The first-order valence-corrected chi connectivity index (χ1v) is 6.13. The number of rotatable bonds is 2. The van der Waals surface area contributed by atoms with E-state index < -0.39 is 0 Å². The van der Waals surface area contributed by atoms with Gasteiger partial charge in [0.1, 0.15) is 5.82 Å². The minimum absolute atomic E-state index is 0.329. The van der Waals surface area contributed by atoms with E-state index in [2.05, 4.69) is 10.2 Å². The molecule has 17 heavy (non-hydrogen) atoms. The second-order valence-corrected chi connectivity index (χ2v) is 4.84.